The van der Waals surface area contributed by atoms with Gasteiger partial charge in [-0.2, -0.15) is 0 Å². The second-order valence-corrected chi connectivity index (χ2v) is 18.9. The lowest BCUT2D eigenvalue weighted by Gasteiger charge is -2.41. The Bertz CT molecular complexity index is 1850. The number of rotatable bonds is 7. The topological polar surface area (TPSA) is 211 Å². The highest BCUT2D eigenvalue weighted by Gasteiger charge is 2.45. The van der Waals surface area contributed by atoms with E-state index in [1.807, 2.05) is 33.9 Å². The van der Waals surface area contributed by atoms with Crippen LogP contribution in [0.1, 0.15) is 55.6 Å². The van der Waals surface area contributed by atoms with E-state index in [1.54, 1.807) is 18.2 Å². The number of carbonyl (C=O) groups excluding carboxylic acids is 3. The van der Waals surface area contributed by atoms with Crippen molar-refractivity contribution in [2.45, 2.75) is 63.1 Å². The number of aromatic hydroxyl groups is 1. The number of fused-ring (bicyclic) bond motifs is 9. The van der Waals surface area contributed by atoms with Crippen molar-refractivity contribution in [2.24, 2.45) is 5.73 Å². The van der Waals surface area contributed by atoms with Crippen LogP contribution in [0.3, 0.4) is 0 Å². The van der Waals surface area contributed by atoms with Gasteiger partial charge in [-0.15, -0.1) is 0 Å². The van der Waals surface area contributed by atoms with Gasteiger partial charge in [-0.05, 0) is 81.1 Å². The Morgan fingerprint density at radius 2 is 1.63 bits per heavy atom. The van der Waals surface area contributed by atoms with Crippen molar-refractivity contribution in [3.05, 3.63) is 79.8 Å². The number of nitro groups is 1. The lowest BCUT2D eigenvalue weighted by molar-refractivity contribution is -0.385. The van der Waals surface area contributed by atoms with Gasteiger partial charge >= 0.3 is 11.7 Å². The summed E-state index contributed by atoms with van der Waals surface area (Å²) < 4.78 is 28.9. The molecule has 17 heteroatoms. The number of ether oxygens (including phenoxy) is 4. The summed E-state index contributed by atoms with van der Waals surface area (Å²) in [4.78, 5) is 53.6. The maximum absolute atomic E-state index is 14.4. The zero-order chi connectivity index (χ0) is 38.0. The third kappa shape index (κ3) is 8.27. The van der Waals surface area contributed by atoms with Gasteiger partial charge in [-0.25, -0.2) is 4.79 Å². The van der Waals surface area contributed by atoms with E-state index in [0.29, 0.717) is 10.2 Å². The van der Waals surface area contributed by atoms with Crippen LogP contribution in [0.2, 0.25) is 18.1 Å². The first-order valence-electron chi connectivity index (χ1n) is 15.7. The lowest BCUT2D eigenvalue weighted by atomic mass is 9.99. The molecule has 15 nitrogen and oxygen atoms in total. The van der Waals surface area contributed by atoms with E-state index in [0.717, 1.165) is 7.11 Å². The summed E-state index contributed by atoms with van der Waals surface area (Å²) in [5, 5.41) is 28.3. The Labute approximate surface area is 304 Å². The molecule has 0 spiro atoms. The molecule has 5 rings (SSSR count). The van der Waals surface area contributed by atoms with E-state index in [-0.39, 0.29) is 33.9 Å². The fourth-order valence-corrected chi connectivity index (χ4v) is 6.94. The van der Waals surface area contributed by atoms with Crippen LogP contribution >= 0.6 is 15.9 Å². The van der Waals surface area contributed by atoms with Gasteiger partial charge in [-0.3, -0.25) is 19.7 Å². The van der Waals surface area contributed by atoms with E-state index in [9.17, 15) is 29.6 Å². The standard InChI is InChI=1S/C34H41BrN4O11Si/c1-34(2,3)51(7,8)50-29-18-10-12-24(21(14-18)39(44)45)49-25-16-19(15-22(40)30(25)47-5)26(36)31(41)37-27(32(42)38-28(29)33(43)48-6)17-9-11-23(46-4)20(35)13-17/h9-16,26-29,40H,36H2,1-8H3,(H,37,41)(H,38,42)/t26-,27+,28-,29+/m1/s1. The Kier molecular flexibility index (Phi) is 11.7. The first-order valence-corrected chi connectivity index (χ1v) is 19.4. The number of carbonyl (C=O) groups is 3. The number of benzene rings is 3. The minimum absolute atomic E-state index is 0.0255. The molecule has 0 radical (unpaired) electrons. The fourth-order valence-electron chi connectivity index (χ4n) is 5.12. The van der Waals surface area contributed by atoms with E-state index >= 15 is 0 Å². The van der Waals surface area contributed by atoms with Crippen LogP contribution in [0.4, 0.5) is 5.69 Å². The number of esters is 1. The number of nitrogens with one attached hydrogen (secondary N) is 2. The van der Waals surface area contributed by atoms with Gasteiger partial charge in [0.05, 0.1) is 30.7 Å². The molecule has 2 heterocycles. The van der Waals surface area contributed by atoms with Crippen LogP contribution in [-0.4, -0.2) is 63.5 Å². The number of phenolic OH excluding ortho intramolecular Hbond substituents is 1. The molecular formula is C34H41BrN4O11Si. The van der Waals surface area contributed by atoms with Crippen molar-refractivity contribution in [3.63, 3.8) is 0 Å². The molecule has 3 aromatic rings. The SMILES string of the molecule is COC(=O)[C@@H]1NC(=O)[C@H](c2ccc(OC)c(Br)c2)NC(=O)[C@H](N)c2cc(O)c(OC)c(c2)Oc2ccc(cc2[N+](=O)[O-])[C@@H]1O[Si](C)(C)C(C)(C)C. The third-order valence-electron chi connectivity index (χ3n) is 8.97. The monoisotopic (exact) mass is 788 g/mol. The van der Waals surface area contributed by atoms with Crippen LogP contribution in [0, 0.1) is 10.1 Å². The van der Waals surface area contributed by atoms with Crippen LogP contribution < -0.4 is 30.6 Å². The maximum atomic E-state index is 14.4. The summed E-state index contributed by atoms with van der Waals surface area (Å²) >= 11 is 3.41. The summed E-state index contributed by atoms with van der Waals surface area (Å²) in [6, 6.07) is 6.56. The highest BCUT2D eigenvalue weighted by molar-refractivity contribution is 9.10. The van der Waals surface area contributed by atoms with Gasteiger partial charge in [0.15, 0.2) is 25.9 Å². The molecule has 0 unspecified atom stereocenters. The Morgan fingerprint density at radius 3 is 2.20 bits per heavy atom. The van der Waals surface area contributed by atoms with Gasteiger partial charge in [0, 0.05) is 6.07 Å². The molecule has 4 atom stereocenters. The molecule has 2 aliphatic rings. The van der Waals surface area contributed by atoms with E-state index in [2.05, 4.69) is 26.6 Å². The Morgan fingerprint density at radius 1 is 0.961 bits per heavy atom. The molecule has 274 valence electrons. The molecule has 2 aliphatic heterocycles. The zero-order valence-electron chi connectivity index (χ0n) is 29.4. The molecule has 0 saturated carbocycles. The van der Waals surface area contributed by atoms with E-state index in [4.69, 9.17) is 29.1 Å². The van der Waals surface area contributed by atoms with Crippen LogP contribution in [0.25, 0.3) is 0 Å². The second-order valence-electron chi connectivity index (χ2n) is 13.3. The second kappa shape index (κ2) is 15.3. The van der Waals surface area contributed by atoms with Crippen molar-refractivity contribution < 1.29 is 47.8 Å². The highest BCUT2D eigenvalue weighted by atomic mass is 79.9. The number of phenols is 1. The molecule has 0 fully saturated rings. The van der Waals surface area contributed by atoms with Crippen molar-refractivity contribution in [2.75, 3.05) is 21.3 Å². The fraction of sp³-hybridized carbons (Fsp3) is 0.382. The molecule has 51 heavy (non-hydrogen) atoms. The number of nitrogens with two attached hydrogens (primary N) is 1. The van der Waals surface area contributed by atoms with Crippen molar-refractivity contribution in [1.82, 2.24) is 10.6 Å². The lowest BCUT2D eigenvalue weighted by Crippen LogP contribution is -2.54. The van der Waals surface area contributed by atoms with Crippen molar-refractivity contribution >= 4 is 47.7 Å². The Hall–Kier alpha value is -4.71. The van der Waals surface area contributed by atoms with Crippen LogP contribution in [0.15, 0.2) is 53.0 Å². The molecular weight excluding hydrogens is 748 g/mol. The first kappa shape index (κ1) is 39.1. The molecule has 0 saturated heterocycles. The molecule has 5 N–H and O–H groups in total. The number of halogens is 1. The highest BCUT2D eigenvalue weighted by Crippen LogP contribution is 2.45. The summed E-state index contributed by atoms with van der Waals surface area (Å²) in [6.07, 6.45) is -1.31. The van der Waals surface area contributed by atoms with Gasteiger partial charge in [0.2, 0.25) is 23.3 Å². The van der Waals surface area contributed by atoms with E-state index in [1.165, 1.54) is 44.6 Å². The van der Waals surface area contributed by atoms with Crippen molar-refractivity contribution in [3.8, 4) is 28.7 Å². The predicted molar refractivity (Wildman–Crippen MR) is 191 cm³/mol. The average Bonchev–Trinajstić information content (AvgIpc) is 3.06. The third-order valence-corrected chi connectivity index (χ3v) is 14.0. The Balaban J connectivity index is 2.04. The molecule has 3 aromatic carbocycles. The minimum Gasteiger partial charge on any atom is -0.504 e. The summed E-state index contributed by atoms with van der Waals surface area (Å²) in [5.41, 5.74) is 6.29. The molecule has 4 bridgehead atoms. The maximum Gasteiger partial charge on any atom is 0.331 e. The van der Waals surface area contributed by atoms with E-state index < -0.39 is 71.7 Å². The minimum atomic E-state index is -2.81. The largest absolute Gasteiger partial charge is 0.504 e. The number of nitrogens with zero attached hydrogens (tertiary/aromatic N) is 1. The average molecular weight is 790 g/mol. The quantitative estimate of drug-likeness (QED) is 0.102. The predicted octanol–water partition coefficient (Wildman–Crippen LogP) is 5.46. The zero-order valence-corrected chi connectivity index (χ0v) is 31.9. The molecule has 0 aromatic heterocycles. The number of hydrogen-bond donors (Lipinski definition) is 4. The summed E-state index contributed by atoms with van der Waals surface area (Å²) in [7, 11) is 1.04. The van der Waals surface area contributed by atoms with Gasteiger partial charge < -0.3 is 44.8 Å². The van der Waals surface area contributed by atoms with Gasteiger partial charge in [0.1, 0.15) is 23.9 Å². The smallest absolute Gasteiger partial charge is 0.331 e. The van der Waals surface area contributed by atoms with Gasteiger partial charge in [0.25, 0.3) is 0 Å². The molecule has 2 amide bonds. The number of hydrogen-bond acceptors (Lipinski definition) is 12. The number of amides is 2. The van der Waals surface area contributed by atoms with Crippen molar-refractivity contribution in [1.29, 1.82) is 0 Å². The number of nitro benzene ring substituents is 1. The summed E-state index contributed by atoms with van der Waals surface area (Å²) in [6.45, 7) is 9.73. The van der Waals surface area contributed by atoms with Gasteiger partial charge in [-0.1, -0.05) is 32.9 Å². The van der Waals surface area contributed by atoms with Crippen LogP contribution in [0.5, 0.6) is 28.7 Å². The summed E-state index contributed by atoms with van der Waals surface area (Å²) in [5.74, 6) is -3.29. The number of methoxy groups -OCH3 is 3. The van der Waals surface area contributed by atoms with Crippen LogP contribution in [-0.2, 0) is 23.5 Å². The molecule has 0 aliphatic carbocycles. The normalized spacial score (nSPS) is 19.7. The first-order chi connectivity index (χ1) is 23.8.